The summed E-state index contributed by atoms with van der Waals surface area (Å²) in [5, 5.41) is 6.11. The molecular formula is C22H24N4O2. The molecule has 0 saturated carbocycles. The minimum atomic E-state index is -0.188. The van der Waals surface area contributed by atoms with Crippen molar-refractivity contribution in [1.29, 1.82) is 0 Å². The van der Waals surface area contributed by atoms with E-state index in [1.807, 2.05) is 56.3 Å². The predicted molar refractivity (Wildman–Crippen MR) is 110 cm³/mol. The average Bonchev–Trinajstić information content (AvgIpc) is 2.72. The molecule has 28 heavy (non-hydrogen) atoms. The summed E-state index contributed by atoms with van der Waals surface area (Å²) in [5.41, 5.74) is 4.78. The third-order valence-electron chi connectivity index (χ3n) is 4.49. The maximum atomic E-state index is 12.3. The SMILES string of the molecule is COc1ccc(CCNC(=O)c2cnc(Nc3c(C)cccc3C)nc2)cc1. The first-order valence-electron chi connectivity index (χ1n) is 9.13. The van der Waals surface area contributed by atoms with Crippen LogP contribution in [-0.2, 0) is 6.42 Å². The maximum absolute atomic E-state index is 12.3. The van der Waals surface area contributed by atoms with Gasteiger partial charge in [0.05, 0.1) is 12.7 Å². The number of anilines is 2. The van der Waals surface area contributed by atoms with E-state index in [1.165, 1.54) is 12.4 Å². The number of benzene rings is 2. The Morgan fingerprint density at radius 1 is 1.00 bits per heavy atom. The summed E-state index contributed by atoms with van der Waals surface area (Å²) < 4.78 is 5.14. The van der Waals surface area contributed by atoms with E-state index in [0.29, 0.717) is 18.1 Å². The Kier molecular flexibility index (Phi) is 6.22. The number of rotatable bonds is 7. The minimum Gasteiger partial charge on any atom is -0.497 e. The highest BCUT2D eigenvalue weighted by Gasteiger charge is 2.08. The molecule has 6 heteroatoms. The van der Waals surface area contributed by atoms with E-state index < -0.39 is 0 Å². The van der Waals surface area contributed by atoms with Gasteiger partial charge < -0.3 is 15.4 Å². The van der Waals surface area contributed by atoms with Crippen molar-refractivity contribution in [2.45, 2.75) is 20.3 Å². The monoisotopic (exact) mass is 376 g/mol. The summed E-state index contributed by atoms with van der Waals surface area (Å²) in [6, 6.07) is 13.9. The van der Waals surface area contributed by atoms with Crippen molar-refractivity contribution in [3.8, 4) is 5.75 Å². The van der Waals surface area contributed by atoms with E-state index in [0.717, 1.165) is 34.5 Å². The number of amides is 1. The Hall–Kier alpha value is -3.41. The number of ether oxygens (including phenoxy) is 1. The van der Waals surface area contributed by atoms with Gasteiger partial charge in [-0.3, -0.25) is 4.79 Å². The van der Waals surface area contributed by atoms with Crippen LogP contribution < -0.4 is 15.4 Å². The molecule has 2 aromatic carbocycles. The van der Waals surface area contributed by atoms with E-state index >= 15 is 0 Å². The molecule has 2 N–H and O–H groups in total. The number of para-hydroxylation sites is 1. The normalized spacial score (nSPS) is 10.4. The molecule has 0 aliphatic rings. The molecule has 1 heterocycles. The third-order valence-corrected chi connectivity index (χ3v) is 4.49. The maximum Gasteiger partial charge on any atom is 0.254 e. The van der Waals surface area contributed by atoms with Gasteiger partial charge in [-0.2, -0.15) is 0 Å². The summed E-state index contributed by atoms with van der Waals surface area (Å²) in [7, 11) is 1.64. The highest BCUT2D eigenvalue weighted by atomic mass is 16.5. The fraction of sp³-hybridized carbons (Fsp3) is 0.227. The fourth-order valence-electron chi connectivity index (χ4n) is 2.85. The second-order valence-electron chi connectivity index (χ2n) is 6.54. The van der Waals surface area contributed by atoms with Crippen LogP contribution in [0.4, 0.5) is 11.6 Å². The van der Waals surface area contributed by atoms with Gasteiger partial charge in [-0.05, 0) is 49.1 Å². The van der Waals surface area contributed by atoms with Crippen molar-refractivity contribution in [2.24, 2.45) is 0 Å². The van der Waals surface area contributed by atoms with Gasteiger partial charge in [0.15, 0.2) is 0 Å². The minimum absolute atomic E-state index is 0.188. The Bertz CT molecular complexity index is 918. The Morgan fingerprint density at radius 3 is 2.25 bits per heavy atom. The van der Waals surface area contributed by atoms with Crippen LogP contribution >= 0.6 is 0 Å². The van der Waals surface area contributed by atoms with Crippen LogP contribution in [0.15, 0.2) is 54.9 Å². The standard InChI is InChI=1S/C22H24N4O2/c1-15-5-4-6-16(2)20(15)26-22-24-13-18(14-25-22)21(27)23-12-11-17-7-9-19(28-3)10-8-17/h4-10,13-14H,11-12H2,1-3H3,(H,23,27)(H,24,25,26). The van der Waals surface area contributed by atoms with E-state index in [1.54, 1.807) is 7.11 Å². The number of carbonyl (C=O) groups excluding carboxylic acids is 1. The highest BCUT2D eigenvalue weighted by molar-refractivity contribution is 5.93. The van der Waals surface area contributed by atoms with Gasteiger partial charge in [0.25, 0.3) is 5.91 Å². The molecule has 1 aromatic heterocycles. The number of hydrogen-bond acceptors (Lipinski definition) is 5. The Morgan fingerprint density at radius 2 is 1.64 bits per heavy atom. The zero-order chi connectivity index (χ0) is 19.9. The zero-order valence-corrected chi connectivity index (χ0v) is 16.3. The first-order chi connectivity index (χ1) is 13.6. The molecule has 0 radical (unpaired) electrons. The van der Waals surface area contributed by atoms with E-state index in [-0.39, 0.29) is 5.91 Å². The highest BCUT2D eigenvalue weighted by Crippen LogP contribution is 2.22. The van der Waals surface area contributed by atoms with E-state index in [2.05, 4.69) is 20.6 Å². The molecule has 0 saturated heterocycles. The molecule has 0 unspecified atom stereocenters. The number of nitrogens with one attached hydrogen (secondary N) is 2. The van der Waals surface area contributed by atoms with Crippen molar-refractivity contribution in [1.82, 2.24) is 15.3 Å². The second-order valence-corrected chi connectivity index (χ2v) is 6.54. The summed E-state index contributed by atoms with van der Waals surface area (Å²) in [4.78, 5) is 20.8. The lowest BCUT2D eigenvalue weighted by atomic mass is 10.1. The quantitative estimate of drug-likeness (QED) is 0.656. The molecule has 0 bridgehead atoms. The molecule has 0 fully saturated rings. The van der Waals surface area contributed by atoms with Crippen molar-refractivity contribution in [2.75, 3.05) is 19.0 Å². The van der Waals surface area contributed by atoms with Gasteiger partial charge in [0.2, 0.25) is 5.95 Å². The number of nitrogens with zero attached hydrogens (tertiary/aromatic N) is 2. The van der Waals surface area contributed by atoms with Gasteiger partial charge in [0, 0.05) is 24.6 Å². The summed E-state index contributed by atoms with van der Waals surface area (Å²) >= 11 is 0. The number of methoxy groups -OCH3 is 1. The molecule has 3 rings (SSSR count). The van der Waals surface area contributed by atoms with Gasteiger partial charge in [0.1, 0.15) is 5.75 Å². The number of aromatic nitrogens is 2. The predicted octanol–water partition coefficient (Wildman–Crippen LogP) is 3.82. The summed E-state index contributed by atoms with van der Waals surface area (Å²) in [5.74, 6) is 1.10. The van der Waals surface area contributed by atoms with Crippen LogP contribution in [0.1, 0.15) is 27.0 Å². The molecular weight excluding hydrogens is 352 g/mol. The lowest BCUT2D eigenvalue weighted by Gasteiger charge is -2.11. The van der Waals surface area contributed by atoms with E-state index in [9.17, 15) is 4.79 Å². The molecule has 3 aromatic rings. The summed E-state index contributed by atoms with van der Waals surface area (Å²) in [6.45, 7) is 4.59. The van der Waals surface area contributed by atoms with Gasteiger partial charge in [-0.25, -0.2) is 9.97 Å². The van der Waals surface area contributed by atoms with Gasteiger partial charge in [-0.1, -0.05) is 30.3 Å². The number of hydrogen-bond donors (Lipinski definition) is 2. The van der Waals surface area contributed by atoms with Crippen LogP contribution in [0.2, 0.25) is 0 Å². The fourth-order valence-corrected chi connectivity index (χ4v) is 2.85. The largest absolute Gasteiger partial charge is 0.497 e. The van der Waals surface area contributed by atoms with Crippen molar-refractivity contribution < 1.29 is 9.53 Å². The van der Waals surface area contributed by atoms with Crippen LogP contribution in [0, 0.1) is 13.8 Å². The molecule has 6 nitrogen and oxygen atoms in total. The van der Waals surface area contributed by atoms with Crippen molar-refractivity contribution in [3.05, 3.63) is 77.1 Å². The lowest BCUT2D eigenvalue weighted by molar-refractivity contribution is 0.0953. The average molecular weight is 376 g/mol. The van der Waals surface area contributed by atoms with Crippen LogP contribution in [0.25, 0.3) is 0 Å². The molecule has 0 aliphatic carbocycles. The summed E-state index contributed by atoms with van der Waals surface area (Å²) in [6.07, 6.45) is 3.81. The smallest absolute Gasteiger partial charge is 0.254 e. The Labute approximate surface area is 165 Å². The van der Waals surface area contributed by atoms with Crippen LogP contribution in [0.5, 0.6) is 5.75 Å². The van der Waals surface area contributed by atoms with Crippen LogP contribution in [0.3, 0.4) is 0 Å². The zero-order valence-electron chi connectivity index (χ0n) is 16.3. The number of aryl methyl sites for hydroxylation is 2. The second kappa shape index (κ2) is 8.99. The molecule has 0 atom stereocenters. The Balaban J connectivity index is 1.54. The number of carbonyl (C=O) groups is 1. The van der Waals surface area contributed by atoms with Gasteiger partial charge in [-0.15, -0.1) is 0 Å². The van der Waals surface area contributed by atoms with E-state index in [4.69, 9.17) is 4.74 Å². The lowest BCUT2D eigenvalue weighted by Crippen LogP contribution is -2.26. The van der Waals surface area contributed by atoms with Crippen LogP contribution in [-0.4, -0.2) is 29.5 Å². The topological polar surface area (TPSA) is 76.1 Å². The van der Waals surface area contributed by atoms with Crippen molar-refractivity contribution >= 4 is 17.5 Å². The molecule has 0 aliphatic heterocycles. The first-order valence-corrected chi connectivity index (χ1v) is 9.13. The molecule has 1 amide bonds. The van der Waals surface area contributed by atoms with Crippen molar-refractivity contribution in [3.63, 3.8) is 0 Å². The van der Waals surface area contributed by atoms with Gasteiger partial charge >= 0.3 is 0 Å². The molecule has 0 spiro atoms. The molecule has 144 valence electrons. The third kappa shape index (κ3) is 4.85. The first kappa shape index (κ1) is 19.4.